The number of methoxy groups -OCH3 is 1. The van der Waals surface area contributed by atoms with E-state index in [1.165, 1.54) is 0 Å². The molecule has 1 rings (SSSR count). The summed E-state index contributed by atoms with van der Waals surface area (Å²) >= 11 is 0. The first-order valence-corrected chi connectivity index (χ1v) is 8.42. The summed E-state index contributed by atoms with van der Waals surface area (Å²) in [5.74, 6) is -1.29. The van der Waals surface area contributed by atoms with Gasteiger partial charge in [-0.15, -0.1) is 0 Å². The molecule has 26 heavy (non-hydrogen) atoms. The molecule has 7 heteroatoms. The van der Waals surface area contributed by atoms with Gasteiger partial charge < -0.3 is 24.6 Å². The molecule has 144 valence electrons. The van der Waals surface area contributed by atoms with Crippen molar-refractivity contribution in [2.45, 2.75) is 39.0 Å². The zero-order valence-corrected chi connectivity index (χ0v) is 15.6. The fourth-order valence-electron chi connectivity index (χ4n) is 2.00. The fourth-order valence-corrected chi connectivity index (χ4v) is 2.00. The van der Waals surface area contributed by atoms with Gasteiger partial charge in [0.25, 0.3) is 0 Å². The highest BCUT2D eigenvalue weighted by molar-refractivity contribution is 5.90. The Kier molecular flexibility index (Phi) is 9.40. The van der Waals surface area contributed by atoms with Crippen LogP contribution in [0.15, 0.2) is 36.4 Å². The molecule has 0 bridgehead atoms. The zero-order chi connectivity index (χ0) is 19.5. The van der Waals surface area contributed by atoms with Gasteiger partial charge in [0.05, 0.1) is 6.10 Å². The van der Waals surface area contributed by atoms with Gasteiger partial charge in [0, 0.05) is 31.8 Å². The minimum atomic E-state index is -1.21. The lowest BCUT2D eigenvalue weighted by atomic mass is 10.1. The Morgan fingerprint density at radius 1 is 1.15 bits per heavy atom. The first-order valence-electron chi connectivity index (χ1n) is 8.42. The van der Waals surface area contributed by atoms with Gasteiger partial charge in [-0.05, 0) is 24.6 Å². The number of rotatable bonds is 11. The van der Waals surface area contributed by atoms with Gasteiger partial charge in [-0.2, -0.15) is 0 Å². The summed E-state index contributed by atoms with van der Waals surface area (Å²) in [6.07, 6.45) is 1.06. The summed E-state index contributed by atoms with van der Waals surface area (Å²) in [6, 6.07) is 7.67. The van der Waals surface area contributed by atoms with Crippen molar-refractivity contribution >= 4 is 11.9 Å². The highest BCUT2D eigenvalue weighted by atomic mass is 16.6. The molecule has 0 heterocycles. The van der Waals surface area contributed by atoms with E-state index in [0.717, 1.165) is 17.7 Å². The molecular formula is C19H27NO6. The predicted molar refractivity (Wildman–Crippen MR) is 97.2 cm³/mol. The van der Waals surface area contributed by atoms with Crippen LogP contribution in [0.2, 0.25) is 0 Å². The van der Waals surface area contributed by atoms with Crippen molar-refractivity contribution in [3.8, 4) is 5.75 Å². The van der Waals surface area contributed by atoms with E-state index < -0.39 is 18.0 Å². The molecule has 0 saturated carbocycles. The Morgan fingerprint density at radius 2 is 1.81 bits per heavy atom. The molecule has 7 nitrogen and oxygen atoms in total. The molecule has 0 aliphatic rings. The molecule has 0 spiro atoms. The Balaban J connectivity index is 2.64. The number of nitrogens with one attached hydrogen (secondary N) is 1. The molecule has 0 radical (unpaired) electrons. The van der Waals surface area contributed by atoms with Gasteiger partial charge in [-0.1, -0.05) is 26.0 Å². The molecule has 0 fully saturated rings. The minimum Gasteiger partial charge on any atom is -0.490 e. The number of benzene rings is 1. The van der Waals surface area contributed by atoms with E-state index in [1.807, 2.05) is 45.0 Å². The Labute approximate surface area is 153 Å². The van der Waals surface area contributed by atoms with Crippen LogP contribution in [0.3, 0.4) is 0 Å². The average Bonchev–Trinajstić information content (AvgIpc) is 2.61. The van der Waals surface area contributed by atoms with E-state index in [1.54, 1.807) is 7.11 Å². The number of ether oxygens (including phenoxy) is 3. The van der Waals surface area contributed by atoms with Gasteiger partial charge in [0.2, 0.25) is 0 Å². The van der Waals surface area contributed by atoms with Crippen molar-refractivity contribution in [2.75, 3.05) is 20.3 Å². The third-order valence-electron chi connectivity index (χ3n) is 3.54. The number of hydrogen-bond acceptors (Lipinski definition) is 6. The van der Waals surface area contributed by atoms with Gasteiger partial charge in [0.15, 0.2) is 0 Å². The van der Waals surface area contributed by atoms with Crippen LogP contribution in [0, 0.1) is 0 Å². The van der Waals surface area contributed by atoms with Crippen LogP contribution in [-0.2, 0) is 19.1 Å². The summed E-state index contributed by atoms with van der Waals surface area (Å²) in [5.41, 5.74) is 1.03. The molecule has 0 aromatic heterocycles. The quantitative estimate of drug-likeness (QED) is 0.459. The van der Waals surface area contributed by atoms with Crippen LogP contribution in [-0.4, -0.2) is 49.5 Å². The Hall–Kier alpha value is -2.38. The van der Waals surface area contributed by atoms with Crippen LogP contribution in [0.25, 0.3) is 0 Å². The third-order valence-corrected chi connectivity index (χ3v) is 3.54. The third kappa shape index (κ3) is 8.64. The zero-order valence-electron chi connectivity index (χ0n) is 15.6. The van der Waals surface area contributed by atoms with E-state index in [9.17, 15) is 9.59 Å². The Morgan fingerprint density at radius 3 is 2.35 bits per heavy atom. The van der Waals surface area contributed by atoms with Crippen LogP contribution < -0.4 is 10.1 Å². The molecule has 1 aromatic carbocycles. The second-order valence-electron chi connectivity index (χ2n) is 6.05. The topological polar surface area (TPSA) is 94.1 Å². The smallest absolute Gasteiger partial charge is 0.331 e. The highest BCUT2D eigenvalue weighted by Crippen LogP contribution is 2.19. The monoisotopic (exact) mass is 365 g/mol. The molecule has 0 aliphatic heterocycles. The molecule has 2 atom stereocenters. The van der Waals surface area contributed by atoms with E-state index in [4.69, 9.17) is 19.3 Å². The van der Waals surface area contributed by atoms with Gasteiger partial charge in [0.1, 0.15) is 18.5 Å². The summed E-state index contributed by atoms with van der Waals surface area (Å²) in [6.45, 7) is 6.43. The summed E-state index contributed by atoms with van der Waals surface area (Å²) in [4.78, 5) is 22.2. The lowest BCUT2D eigenvalue weighted by molar-refractivity contribution is -0.144. The Bertz CT molecular complexity index is 597. The molecule has 0 amide bonds. The van der Waals surface area contributed by atoms with Crippen LogP contribution in [0.1, 0.15) is 32.4 Å². The molecular weight excluding hydrogens is 338 g/mol. The maximum atomic E-state index is 11.7. The number of hydrogen-bond donors (Lipinski definition) is 2. The number of aliphatic carboxylic acids is 1. The molecule has 0 aliphatic carbocycles. The SMILES string of the molecule is COC(C)c1ccc(OCC(CNC(C)C)OC(=O)C=CC(=O)O)cc1. The fraction of sp³-hybridized carbons (Fsp3) is 0.474. The maximum Gasteiger partial charge on any atom is 0.331 e. The minimum absolute atomic E-state index is 0.00554. The van der Waals surface area contributed by atoms with Crippen molar-refractivity contribution < 1.29 is 28.9 Å². The van der Waals surface area contributed by atoms with Gasteiger partial charge >= 0.3 is 11.9 Å². The number of carboxylic acids is 1. The number of carbonyl (C=O) groups excluding carboxylic acids is 1. The van der Waals surface area contributed by atoms with Crippen molar-refractivity contribution in [2.24, 2.45) is 0 Å². The first kappa shape index (κ1) is 21.7. The highest BCUT2D eigenvalue weighted by Gasteiger charge is 2.15. The summed E-state index contributed by atoms with van der Waals surface area (Å²) in [7, 11) is 1.65. The van der Waals surface area contributed by atoms with Crippen LogP contribution in [0.5, 0.6) is 5.75 Å². The van der Waals surface area contributed by atoms with Crippen molar-refractivity contribution in [3.05, 3.63) is 42.0 Å². The van der Waals surface area contributed by atoms with Crippen molar-refractivity contribution in [1.82, 2.24) is 5.32 Å². The summed E-state index contributed by atoms with van der Waals surface area (Å²) in [5, 5.41) is 11.7. The van der Waals surface area contributed by atoms with Crippen molar-refractivity contribution in [1.29, 1.82) is 0 Å². The number of carboxylic acid groups (broad SMARTS) is 1. The second-order valence-corrected chi connectivity index (χ2v) is 6.05. The molecule has 1 aromatic rings. The number of carbonyl (C=O) groups is 2. The van der Waals surface area contributed by atoms with E-state index in [0.29, 0.717) is 12.3 Å². The lowest BCUT2D eigenvalue weighted by Crippen LogP contribution is -2.38. The standard InChI is InChI=1S/C19H27NO6/c1-13(2)20-11-17(26-19(23)10-9-18(21)22)12-25-16-7-5-15(6-8-16)14(3)24-4/h5-10,13-14,17,20H,11-12H2,1-4H3,(H,21,22). The summed E-state index contributed by atoms with van der Waals surface area (Å²) < 4.78 is 16.2. The van der Waals surface area contributed by atoms with E-state index in [2.05, 4.69) is 5.32 Å². The van der Waals surface area contributed by atoms with Gasteiger partial charge in [-0.25, -0.2) is 9.59 Å². The number of esters is 1. The predicted octanol–water partition coefficient (Wildman–Crippen LogP) is 2.32. The molecule has 2 unspecified atom stereocenters. The van der Waals surface area contributed by atoms with Gasteiger partial charge in [-0.3, -0.25) is 0 Å². The second kappa shape index (κ2) is 11.3. The molecule has 0 saturated heterocycles. The maximum absolute atomic E-state index is 11.7. The van der Waals surface area contributed by atoms with E-state index >= 15 is 0 Å². The van der Waals surface area contributed by atoms with E-state index in [-0.39, 0.29) is 18.8 Å². The molecule has 2 N–H and O–H groups in total. The lowest BCUT2D eigenvalue weighted by Gasteiger charge is -2.20. The first-order chi connectivity index (χ1) is 12.3. The van der Waals surface area contributed by atoms with Crippen molar-refractivity contribution in [3.63, 3.8) is 0 Å². The van der Waals surface area contributed by atoms with Crippen LogP contribution in [0.4, 0.5) is 0 Å². The van der Waals surface area contributed by atoms with Crippen LogP contribution >= 0.6 is 0 Å². The average molecular weight is 365 g/mol. The normalized spacial score (nSPS) is 13.6. The largest absolute Gasteiger partial charge is 0.490 e.